The van der Waals surface area contributed by atoms with Gasteiger partial charge in [-0.25, -0.2) is 0 Å². The molecule has 0 atom stereocenters. The second kappa shape index (κ2) is 7.35. The van der Waals surface area contributed by atoms with Crippen molar-refractivity contribution in [2.75, 3.05) is 11.1 Å². The maximum Gasteiger partial charge on any atom is 0.234 e. The Kier molecular flexibility index (Phi) is 4.99. The molecule has 0 aliphatic carbocycles. The number of thioether (sulfide) groups is 1. The zero-order valence-corrected chi connectivity index (χ0v) is 14.6. The van der Waals surface area contributed by atoms with E-state index in [1.54, 1.807) is 29.8 Å². The van der Waals surface area contributed by atoms with E-state index in [-0.39, 0.29) is 17.4 Å². The first-order valence-corrected chi connectivity index (χ1v) is 8.59. The van der Waals surface area contributed by atoms with Crippen molar-refractivity contribution in [3.05, 3.63) is 53.6 Å². The van der Waals surface area contributed by atoms with Crippen LogP contribution in [0.5, 0.6) is 5.75 Å². The Balaban J connectivity index is 1.64. The first-order valence-electron chi connectivity index (χ1n) is 7.60. The molecule has 2 aromatic carbocycles. The summed E-state index contributed by atoms with van der Waals surface area (Å²) < 4.78 is 1.60. The average Bonchev–Trinajstić information content (AvgIpc) is 3.06. The van der Waals surface area contributed by atoms with Gasteiger partial charge >= 0.3 is 0 Å². The van der Waals surface area contributed by atoms with Gasteiger partial charge in [-0.3, -0.25) is 4.79 Å². The van der Waals surface area contributed by atoms with Gasteiger partial charge in [-0.15, -0.1) is 5.10 Å². The number of phenolic OH excluding ortho intramolecular Hbond substituents is 1. The Morgan fingerprint density at radius 2 is 1.96 bits per heavy atom. The Morgan fingerprint density at radius 1 is 1.20 bits per heavy atom. The summed E-state index contributed by atoms with van der Waals surface area (Å²) in [6.45, 7) is 3.78. The van der Waals surface area contributed by atoms with Crippen molar-refractivity contribution < 1.29 is 9.90 Å². The largest absolute Gasteiger partial charge is 0.508 e. The minimum atomic E-state index is -0.173. The fourth-order valence-corrected chi connectivity index (χ4v) is 2.87. The maximum absolute atomic E-state index is 12.1. The highest BCUT2D eigenvalue weighted by molar-refractivity contribution is 7.99. The van der Waals surface area contributed by atoms with E-state index >= 15 is 0 Å². The highest BCUT2D eigenvalue weighted by Crippen LogP contribution is 2.21. The molecule has 25 heavy (non-hydrogen) atoms. The smallest absolute Gasteiger partial charge is 0.234 e. The van der Waals surface area contributed by atoms with Gasteiger partial charge in [-0.1, -0.05) is 29.5 Å². The molecule has 8 heteroatoms. The Labute approximate surface area is 149 Å². The van der Waals surface area contributed by atoms with Crippen LogP contribution < -0.4 is 5.32 Å². The van der Waals surface area contributed by atoms with Crippen LogP contribution in [0.1, 0.15) is 11.1 Å². The number of carbonyl (C=O) groups excluding carboxylic acids is 1. The first kappa shape index (κ1) is 17.0. The molecule has 0 bridgehead atoms. The van der Waals surface area contributed by atoms with Crippen molar-refractivity contribution >= 4 is 23.4 Å². The van der Waals surface area contributed by atoms with Crippen LogP contribution in [0.25, 0.3) is 5.69 Å². The first-order chi connectivity index (χ1) is 12.0. The van der Waals surface area contributed by atoms with Crippen molar-refractivity contribution in [1.29, 1.82) is 0 Å². The van der Waals surface area contributed by atoms with E-state index in [2.05, 4.69) is 20.8 Å². The molecule has 128 valence electrons. The lowest BCUT2D eigenvalue weighted by Gasteiger charge is -2.07. The SMILES string of the molecule is Cc1ccc(-n2nnnc2SCC(=O)Nc2ccc(O)c(C)c2)cc1. The number of anilines is 1. The van der Waals surface area contributed by atoms with Gasteiger partial charge in [0.15, 0.2) is 0 Å². The molecule has 3 rings (SSSR count). The van der Waals surface area contributed by atoms with E-state index in [9.17, 15) is 9.90 Å². The number of amides is 1. The Bertz CT molecular complexity index is 892. The second-order valence-electron chi connectivity index (χ2n) is 5.55. The van der Waals surface area contributed by atoms with E-state index in [4.69, 9.17) is 0 Å². The van der Waals surface area contributed by atoms with Crippen LogP contribution in [0.2, 0.25) is 0 Å². The number of aromatic hydroxyl groups is 1. The van der Waals surface area contributed by atoms with Gasteiger partial charge in [0.25, 0.3) is 0 Å². The fraction of sp³-hybridized carbons (Fsp3) is 0.176. The highest BCUT2D eigenvalue weighted by atomic mass is 32.2. The molecule has 0 saturated heterocycles. The lowest BCUT2D eigenvalue weighted by atomic mass is 10.2. The summed E-state index contributed by atoms with van der Waals surface area (Å²) in [4.78, 5) is 12.1. The molecular weight excluding hydrogens is 338 g/mol. The number of rotatable bonds is 5. The monoisotopic (exact) mass is 355 g/mol. The lowest BCUT2D eigenvalue weighted by Crippen LogP contribution is -2.14. The van der Waals surface area contributed by atoms with E-state index in [1.807, 2.05) is 31.2 Å². The van der Waals surface area contributed by atoms with Crippen LogP contribution >= 0.6 is 11.8 Å². The maximum atomic E-state index is 12.1. The summed E-state index contributed by atoms with van der Waals surface area (Å²) in [7, 11) is 0. The van der Waals surface area contributed by atoms with Crippen LogP contribution in [0.3, 0.4) is 0 Å². The number of carbonyl (C=O) groups is 1. The van der Waals surface area contributed by atoms with E-state index in [1.165, 1.54) is 11.8 Å². The number of aryl methyl sites for hydroxylation is 2. The van der Waals surface area contributed by atoms with Crippen molar-refractivity contribution in [1.82, 2.24) is 20.2 Å². The van der Waals surface area contributed by atoms with Gasteiger partial charge in [0.2, 0.25) is 11.1 Å². The number of hydrogen-bond donors (Lipinski definition) is 2. The average molecular weight is 355 g/mol. The molecule has 7 nitrogen and oxygen atoms in total. The van der Waals surface area contributed by atoms with Gasteiger partial charge in [-0.2, -0.15) is 4.68 Å². The number of nitrogens with zero attached hydrogens (tertiary/aromatic N) is 4. The topological polar surface area (TPSA) is 92.9 Å². The molecular formula is C17H17N5O2S. The minimum Gasteiger partial charge on any atom is -0.508 e. The number of hydrogen-bond acceptors (Lipinski definition) is 6. The molecule has 0 aliphatic rings. The number of phenols is 1. The molecule has 0 spiro atoms. The van der Waals surface area contributed by atoms with Gasteiger partial charge in [0.1, 0.15) is 5.75 Å². The van der Waals surface area contributed by atoms with Crippen LogP contribution in [0.4, 0.5) is 5.69 Å². The summed E-state index contributed by atoms with van der Waals surface area (Å²) in [5.74, 6) is 0.199. The highest BCUT2D eigenvalue weighted by Gasteiger charge is 2.12. The quantitative estimate of drug-likeness (QED) is 0.540. The van der Waals surface area contributed by atoms with Gasteiger partial charge in [0.05, 0.1) is 11.4 Å². The van der Waals surface area contributed by atoms with Crippen molar-refractivity contribution in [3.63, 3.8) is 0 Å². The third kappa shape index (κ3) is 4.16. The number of benzene rings is 2. The molecule has 0 aliphatic heterocycles. The van der Waals surface area contributed by atoms with Gasteiger partial charge < -0.3 is 10.4 Å². The summed E-state index contributed by atoms with van der Waals surface area (Å²) in [6, 6.07) is 12.7. The van der Waals surface area contributed by atoms with Crippen LogP contribution in [-0.4, -0.2) is 37.0 Å². The van der Waals surface area contributed by atoms with E-state index < -0.39 is 0 Å². The summed E-state index contributed by atoms with van der Waals surface area (Å²) in [6.07, 6.45) is 0. The van der Waals surface area contributed by atoms with Gasteiger partial charge in [-0.05, 0) is 60.2 Å². The zero-order valence-electron chi connectivity index (χ0n) is 13.8. The summed E-state index contributed by atoms with van der Waals surface area (Å²) in [5.41, 5.74) is 3.33. The molecule has 1 amide bonds. The number of nitrogens with one attached hydrogen (secondary N) is 1. The standard InChI is InChI=1S/C17H17N5O2S/c1-11-3-6-14(7-4-11)22-17(19-20-21-22)25-10-16(24)18-13-5-8-15(23)12(2)9-13/h3-9,23H,10H2,1-2H3,(H,18,24). The Morgan fingerprint density at radius 3 is 2.68 bits per heavy atom. The summed E-state index contributed by atoms with van der Waals surface area (Å²) in [5, 5.41) is 24.5. The third-order valence-electron chi connectivity index (χ3n) is 3.53. The minimum absolute atomic E-state index is 0.173. The predicted octanol–water partition coefficient (Wildman–Crippen LogP) is 2.72. The molecule has 1 heterocycles. The fourth-order valence-electron chi connectivity index (χ4n) is 2.18. The van der Waals surface area contributed by atoms with Crippen LogP contribution in [0.15, 0.2) is 47.6 Å². The third-order valence-corrected chi connectivity index (χ3v) is 4.45. The van der Waals surface area contributed by atoms with Crippen LogP contribution in [-0.2, 0) is 4.79 Å². The van der Waals surface area contributed by atoms with E-state index in [0.717, 1.165) is 11.3 Å². The Hall–Kier alpha value is -2.87. The number of aromatic nitrogens is 4. The molecule has 0 fully saturated rings. The normalized spacial score (nSPS) is 10.6. The van der Waals surface area contributed by atoms with Crippen molar-refractivity contribution in [2.45, 2.75) is 19.0 Å². The predicted molar refractivity (Wildman–Crippen MR) is 96.1 cm³/mol. The molecule has 0 unspecified atom stereocenters. The molecule has 2 N–H and O–H groups in total. The molecule has 3 aromatic rings. The second-order valence-corrected chi connectivity index (χ2v) is 6.49. The molecule has 0 radical (unpaired) electrons. The lowest BCUT2D eigenvalue weighted by molar-refractivity contribution is -0.113. The summed E-state index contributed by atoms with van der Waals surface area (Å²) >= 11 is 1.25. The molecule has 0 saturated carbocycles. The van der Waals surface area contributed by atoms with Gasteiger partial charge in [0, 0.05) is 5.69 Å². The van der Waals surface area contributed by atoms with E-state index in [0.29, 0.717) is 16.4 Å². The van der Waals surface area contributed by atoms with Crippen molar-refractivity contribution in [2.24, 2.45) is 0 Å². The van der Waals surface area contributed by atoms with Crippen molar-refractivity contribution in [3.8, 4) is 11.4 Å². The number of tetrazole rings is 1. The molecule has 1 aromatic heterocycles. The van der Waals surface area contributed by atoms with Crippen LogP contribution in [0, 0.1) is 13.8 Å². The zero-order chi connectivity index (χ0) is 17.8.